The summed E-state index contributed by atoms with van der Waals surface area (Å²) >= 11 is 1.26. The van der Waals surface area contributed by atoms with Crippen molar-refractivity contribution in [3.63, 3.8) is 0 Å². The monoisotopic (exact) mass is 327 g/mol. The second-order valence-corrected chi connectivity index (χ2v) is 6.31. The molecule has 3 nitrogen and oxygen atoms in total. The molecule has 3 rings (SSSR count). The molecule has 23 heavy (non-hydrogen) atoms. The summed E-state index contributed by atoms with van der Waals surface area (Å²) in [6.07, 6.45) is 0. The maximum absolute atomic E-state index is 13.9. The molecular formula is C18H14FNO2S. The van der Waals surface area contributed by atoms with Crippen LogP contribution in [-0.2, 0) is 0 Å². The highest BCUT2D eigenvalue weighted by Gasteiger charge is 2.18. The lowest BCUT2D eigenvalue weighted by Crippen LogP contribution is -2.11. The van der Waals surface area contributed by atoms with Crippen LogP contribution < -0.4 is 5.32 Å². The van der Waals surface area contributed by atoms with Gasteiger partial charge in [0.1, 0.15) is 5.82 Å². The molecule has 1 aromatic heterocycles. The Kier molecular flexibility index (Phi) is 3.96. The maximum Gasteiger partial charge on any atom is 0.266 e. The zero-order valence-electron chi connectivity index (χ0n) is 12.6. The molecule has 0 fully saturated rings. The number of Topliss-reactive ketones (excluding diaryl/α,β-unsaturated/α-hetero) is 1. The van der Waals surface area contributed by atoms with Crippen LogP contribution in [0.1, 0.15) is 32.5 Å². The van der Waals surface area contributed by atoms with E-state index in [9.17, 15) is 14.0 Å². The van der Waals surface area contributed by atoms with Gasteiger partial charge in [0.15, 0.2) is 5.78 Å². The summed E-state index contributed by atoms with van der Waals surface area (Å²) in [7, 11) is 0. The number of halogens is 1. The third-order valence-electron chi connectivity index (χ3n) is 3.64. The van der Waals surface area contributed by atoms with E-state index in [2.05, 4.69) is 5.32 Å². The molecule has 0 aliphatic heterocycles. The smallest absolute Gasteiger partial charge is 0.266 e. The summed E-state index contributed by atoms with van der Waals surface area (Å²) < 4.78 is 14.7. The number of hydrogen-bond donors (Lipinski definition) is 1. The van der Waals surface area contributed by atoms with Crippen LogP contribution in [0.5, 0.6) is 0 Å². The van der Waals surface area contributed by atoms with Gasteiger partial charge in [0.25, 0.3) is 5.91 Å². The van der Waals surface area contributed by atoms with E-state index < -0.39 is 0 Å². The highest BCUT2D eigenvalue weighted by atomic mass is 32.1. The molecule has 0 spiro atoms. The van der Waals surface area contributed by atoms with Gasteiger partial charge in [-0.15, -0.1) is 11.3 Å². The molecule has 0 radical (unpaired) electrons. The summed E-state index contributed by atoms with van der Waals surface area (Å²) in [6, 6.07) is 11.6. The van der Waals surface area contributed by atoms with Crippen molar-refractivity contribution in [3.8, 4) is 0 Å². The number of ketones is 1. The van der Waals surface area contributed by atoms with Crippen LogP contribution in [0, 0.1) is 12.7 Å². The van der Waals surface area contributed by atoms with E-state index in [1.165, 1.54) is 24.3 Å². The van der Waals surface area contributed by atoms with Gasteiger partial charge in [0.05, 0.1) is 4.88 Å². The number of nitrogens with one attached hydrogen (secondary N) is 1. The number of fused-ring (bicyclic) bond motifs is 1. The quantitative estimate of drug-likeness (QED) is 0.702. The molecule has 0 saturated heterocycles. The maximum atomic E-state index is 13.9. The van der Waals surface area contributed by atoms with Crippen LogP contribution in [0.15, 0.2) is 42.5 Å². The number of anilines is 1. The van der Waals surface area contributed by atoms with Gasteiger partial charge in [-0.3, -0.25) is 9.59 Å². The number of rotatable bonds is 3. The van der Waals surface area contributed by atoms with Crippen molar-refractivity contribution < 1.29 is 14.0 Å². The highest BCUT2D eigenvalue weighted by molar-refractivity contribution is 7.21. The van der Waals surface area contributed by atoms with Gasteiger partial charge in [-0.1, -0.05) is 18.2 Å². The zero-order valence-corrected chi connectivity index (χ0v) is 13.5. The predicted octanol–water partition coefficient (Wildman–Crippen LogP) is 4.80. The number of hydrogen-bond acceptors (Lipinski definition) is 3. The standard InChI is InChI=1S/C18H14FNO2S/c1-10-16-14(19)7-4-8-15(16)23-17(10)18(22)20-13-6-3-5-12(9-13)11(2)21/h3-9H,1-2H3,(H,20,22). The minimum atomic E-state index is -0.325. The van der Waals surface area contributed by atoms with Gasteiger partial charge in [-0.25, -0.2) is 4.39 Å². The lowest BCUT2D eigenvalue weighted by molar-refractivity contribution is 0.101. The van der Waals surface area contributed by atoms with Gasteiger partial charge in [-0.2, -0.15) is 0 Å². The van der Waals surface area contributed by atoms with Crippen LogP contribution >= 0.6 is 11.3 Å². The first-order valence-corrected chi connectivity index (χ1v) is 7.89. The molecular weight excluding hydrogens is 313 g/mol. The lowest BCUT2D eigenvalue weighted by Gasteiger charge is -2.06. The fraction of sp³-hybridized carbons (Fsp3) is 0.111. The van der Waals surface area contributed by atoms with Crippen molar-refractivity contribution in [3.05, 3.63) is 64.3 Å². The van der Waals surface area contributed by atoms with E-state index in [0.717, 1.165) is 4.70 Å². The lowest BCUT2D eigenvalue weighted by atomic mass is 10.1. The molecule has 2 aromatic carbocycles. The van der Waals surface area contributed by atoms with Gasteiger partial charge < -0.3 is 5.32 Å². The molecule has 1 heterocycles. The summed E-state index contributed by atoms with van der Waals surface area (Å²) in [4.78, 5) is 24.4. The van der Waals surface area contributed by atoms with Crippen molar-refractivity contribution in [2.24, 2.45) is 0 Å². The van der Waals surface area contributed by atoms with E-state index in [0.29, 0.717) is 27.1 Å². The SMILES string of the molecule is CC(=O)c1cccc(NC(=O)c2sc3cccc(F)c3c2C)c1. The van der Waals surface area contributed by atoms with Crippen molar-refractivity contribution in [1.29, 1.82) is 0 Å². The second kappa shape index (κ2) is 5.93. The first-order valence-electron chi connectivity index (χ1n) is 7.07. The third-order valence-corrected chi connectivity index (χ3v) is 4.89. The molecule has 0 atom stereocenters. The molecule has 5 heteroatoms. The Morgan fingerprint density at radius 2 is 1.87 bits per heavy atom. The van der Waals surface area contributed by atoms with Crippen LogP contribution in [0.25, 0.3) is 10.1 Å². The predicted molar refractivity (Wildman–Crippen MR) is 90.9 cm³/mol. The Morgan fingerprint density at radius 1 is 1.13 bits per heavy atom. The first kappa shape index (κ1) is 15.4. The van der Waals surface area contributed by atoms with Gasteiger partial charge in [0, 0.05) is 21.3 Å². The van der Waals surface area contributed by atoms with E-state index >= 15 is 0 Å². The topological polar surface area (TPSA) is 46.2 Å². The van der Waals surface area contributed by atoms with Crippen LogP contribution in [0.4, 0.5) is 10.1 Å². The van der Waals surface area contributed by atoms with E-state index in [4.69, 9.17) is 0 Å². The normalized spacial score (nSPS) is 10.7. The second-order valence-electron chi connectivity index (χ2n) is 5.26. The van der Waals surface area contributed by atoms with Gasteiger partial charge in [-0.05, 0) is 43.7 Å². The summed E-state index contributed by atoms with van der Waals surface area (Å²) in [5, 5.41) is 3.26. The van der Waals surface area contributed by atoms with Crippen LogP contribution in [0.2, 0.25) is 0 Å². The number of benzene rings is 2. The number of carbonyl (C=O) groups is 2. The van der Waals surface area contributed by atoms with Crippen LogP contribution in [0.3, 0.4) is 0 Å². The Hall–Kier alpha value is -2.53. The van der Waals surface area contributed by atoms with Crippen molar-refractivity contribution in [2.75, 3.05) is 5.32 Å². The average molecular weight is 327 g/mol. The van der Waals surface area contributed by atoms with E-state index in [1.54, 1.807) is 43.3 Å². The van der Waals surface area contributed by atoms with Crippen molar-refractivity contribution >= 4 is 38.8 Å². The molecule has 0 aliphatic rings. The summed E-state index contributed by atoms with van der Waals surface area (Å²) in [5.74, 6) is -0.695. The third kappa shape index (κ3) is 2.87. The van der Waals surface area contributed by atoms with Gasteiger partial charge in [0.2, 0.25) is 0 Å². The highest BCUT2D eigenvalue weighted by Crippen LogP contribution is 2.33. The molecule has 0 aliphatic carbocycles. The molecule has 0 saturated carbocycles. The fourth-order valence-corrected chi connectivity index (χ4v) is 3.59. The van der Waals surface area contributed by atoms with Crippen molar-refractivity contribution in [2.45, 2.75) is 13.8 Å². The number of thiophene rings is 1. The molecule has 0 unspecified atom stereocenters. The van der Waals surface area contributed by atoms with E-state index in [-0.39, 0.29) is 17.5 Å². The zero-order chi connectivity index (χ0) is 16.6. The molecule has 1 amide bonds. The number of amides is 1. The number of aryl methyl sites for hydroxylation is 1. The van der Waals surface area contributed by atoms with Gasteiger partial charge >= 0.3 is 0 Å². The molecule has 116 valence electrons. The Balaban J connectivity index is 1.95. The summed E-state index contributed by atoms with van der Waals surface area (Å²) in [6.45, 7) is 3.21. The average Bonchev–Trinajstić information content (AvgIpc) is 2.86. The Labute approximate surface area is 136 Å². The van der Waals surface area contributed by atoms with Crippen LogP contribution in [-0.4, -0.2) is 11.7 Å². The first-order chi connectivity index (χ1) is 11.0. The summed E-state index contributed by atoms with van der Waals surface area (Å²) in [5.41, 5.74) is 1.70. The minimum absolute atomic E-state index is 0.0683. The Morgan fingerprint density at radius 3 is 2.57 bits per heavy atom. The molecule has 1 N–H and O–H groups in total. The largest absolute Gasteiger partial charge is 0.321 e. The minimum Gasteiger partial charge on any atom is -0.321 e. The molecule has 0 bridgehead atoms. The Bertz CT molecular complexity index is 930. The van der Waals surface area contributed by atoms with Crippen molar-refractivity contribution in [1.82, 2.24) is 0 Å². The fourth-order valence-electron chi connectivity index (χ4n) is 2.47. The van der Waals surface area contributed by atoms with E-state index in [1.807, 2.05) is 0 Å². The molecule has 3 aromatic rings. The number of carbonyl (C=O) groups excluding carboxylic acids is 2.